The van der Waals surface area contributed by atoms with Crippen molar-refractivity contribution in [1.82, 2.24) is 4.90 Å². The van der Waals surface area contributed by atoms with Crippen LogP contribution in [0.2, 0.25) is 0 Å². The second-order valence-electron chi connectivity index (χ2n) is 4.79. The molecule has 1 atom stereocenters. The van der Waals surface area contributed by atoms with Gasteiger partial charge >= 0.3 is 0 Å². The topological polar surface area (TPSA) is 20.3 Å². The lowest BCUT2D eigenvalue weighted by molar-refractivity contribution is -0.126. The summed E-state index contributed by atoms with van der Waals surface area (Å²) in [5.74, 6) is -0.716. The van der Waals surface area contributed by atoms with Crippen molar-refractivity contribution in [2.24, 2.45) is 5.92 Å². The maximum absolute atomic E-state index is 13.5. The number of carbonyl (C=O) groups excluding carboxylic acids is 1. The van der Waals surface area contributed by atoms with E-state index >= 15 is 0 Å². The number of hydrogen-bond acceptors (Lipinski definition) is 2. The van der Waals surface area contributed by atoms with Crippen molar-refractivity contribution in [2.75, 3.05) is 13.1 Å². The highest BCUT2D eigenvalue weighted by atomic mass is 19.1. The highest BCUT2D eigenvalue weighted by Crippen LogP contribution is 2.19. The van der Waals surface area contributed by atoms with Gasteiger partial charge < -0.3 is 0 Å². The molecule has 1 aromatic carbocycles. The van der Waals surface area contributed by atoms with Crippen LogP contribution in [0.25, 0.3) is 0 Å². The average molecular weight is 253 g/mol. The van der Waals surface area contributed by atoms with E-state index in [2.05, 4.69) is 4.90 Å². The summed E-state index contributed by atoms with van der Waals surface area (Å²) in [5, 5.41) is 0. The Kier molecular flexibility index (Phi) is 4.07. The summed E-state index contributed by atoms with van der Waals surface area (Å²) in [6.07, 6.45) is 1.35. The molecule has 1 heterocycles. The van der Waals surface area contributed by atoms with Crippen molar-refractivity contribution < 1.29 is 13.6 Å². The molecule has 0 saturated carbocycles. The molecule has 0 aromatic heterocycles. The van der Waals surface area contributed by atoms with E-state index in [1.165, 1.54) is 12.1 Å². The molecule has 1 aliphatic rings. The minimum absolute atomic E-state index is 0.0576. The Labute approximate surface area is 106 Å². The number of piperidine rings is 1. The Bertz CT molecular complexity index is 447. The van der Waals surface area contributed by atoms with Crippen LogP contribution >= 0.6 is 0 Å². The predicted octanol–water partition coefficient (Wildman–Crippen LogP) is 2.77. The molecule has 0 N–H and O–H groups in total. The number of halogens is 2. The molecule has 18 heavy (non-hydrogen) atoms. The number of likely N-dealkylation sites (tertiary alicyclic amines) is 1. The maximum atomic E-state index is 13.5. The molecule has 1 unspecified atom stereocenters. The fourth-order valence-electron chi connectivity index (χ4n) is 2.37. The van der Waals surface area contributed by atoms with Crippen LogP contribution in [0, 0.1) is 17.6 Å². The smallest absolute Gasteiger partial charge is 0.138 e. The van der Waals surface area contributed by atoms with Crippen LogP contribution in [-0.4, -0.2) is 23.8 Å². The van der Waals surface area contributed by atoms with E-state index in [4.69, 9.17) is 0 Å². The highest BCUT2D eigenvalue weighted by molar-refractivity contribution is 5.82. The fraction of sp³-hybridized carbons (Fsp3) is 0.500. The second kappa shape index (κ2) is 5.57. The molecule has 1 saturated heterocycles. The lowest BCUT2D eigenvalue weighted by atomic mass is 9.94. The van der Waals surface area contributed by atoms with Crippen molar-refractivity contribution in [3.05, 3.63) is 35.4 Å². The van der Waals surface area contributed by atoms with E-state index in [1.54, 1.807) is 0 Å². The molecular weight excluding hydrogens is 236 g/mol. The Morgan fingerprint density at radius 2 is 2.17 bits per heavy atom. The maximum Gasteiger partial charge on any atom is 0.138 e. The van der Waals surface area contributed by atoms with Crippen molar-refractivity contribution in [1.29, 1.82) is 0 Å². The van der Waals surface area contributed by atoms with E-state index in [1.807, 2.05) is 6.92 Å². The minimum atomic E-state index is -0.559. The van der Waals surface area contributed by atoms with Gasteiger partial charge in [-0.2, -0.15) is 0 Å². The molecule has 2 nitrogen and oxygen atoms in total. The molecule has 0 amide bonds. The van der Waals surface area contributed by atoms with Gasteiger partial charge in [0.1, 0.15) is 17.4 Å². The van der Waals surface area contributed by atoms with Crippen molar-refractivity contribution in [3.63, 3.8) is 0 Å². The van der Waals surface area contributed by atoms with E-state index in [9.17, 15) is 13.6 Å². The largest absolute Gasteiger partial charge is 0.299 e. The monoisotopic (exact) mass is 253 g/mol. The molecular formula is C14H17F2NO. The third kappa shape index (κ3) is 2.93. The fourth-order valence-corrected chi connectivity index (χ4v) is 2.37. The molecule has 0 radical (unpaired) electrons. The van der Waals surface area contributed by atoms with Gasteiger partial charge in [0.2, 0.25) is 0 Å². The normalized spacial score (nSPS) is 21.3. The van der Waals surface area contributed by atoms with Gasteiger partial charge in [0, 0.05) is 43.6 Å². The molecule has 2 rings (SSSR count). The first kappa shape index (κ1) is 13.1. The summed E-state index contributed by atoms with van der Waals surface area (Å²) in [6.45, 7) is 3.76. The van der Waals surface area contributed by atoms with E-state index < -0.39 is 11.6 Å². The summed E-state index contributed by atoms with van der Waals surface area (Å²) in [5.41, 5.74) is 0.487. The van der Waals surface area contributed by atoms with Gasteiger partial charge in [0.25, 0.3) is 0 Å². The number of Topliss-reactive ketones (excluding diaryl/α,β-unsaturated/α-hetero) is 1. The standard InChI is InChI=1S/C14H17F2NO/c1-2-10-8-17(6-5-14(10)18)9-11-3-4-12(15)7-13(11)16/h3-4,7,10H,2,5-6,8-9H2,1H3. The number of ketones is 1. The Balaban J connectivity index is 2.03. The SMILES string of the molecule is CCC1CN(Cc2ccc(F)cc2F)CCC1=O. The first-order valence-corrected chi connectivity index (χ1v) is 6.29. The van der Waals surface area contributed by atoms with Gasteiger partial charge in [-0.15, -0.1) is 0 Å². The van der Waals surface area contributed by atoms with Crippen LogP contribution in [0.4, 0.5) is 8.78 Å². The van der Waals surface area contributed by atoms with Gasteiger partial charge in [0.15, 0.2) is 0 Å². The van der Waals surface area contributed by atoms with Crippen molar-refractivity contribution >= 4 is 5.78 Å². The van der Waals surface area contributed by atoms with Crippen LogP contribution in [-0.2, 0) is 11.3 Å². The Morgan fingerprint density at radius 3 is 2.83 bits per heavy atom. The van der Waals surface area contributed by atoms with Gasteiger partial charge in [-0.25, -0.2) is 8.78 Å². The molecule has 4 heteroatoms. The Hall–Kier alpha value is -1.29. The number of hydrogen-bond donors (Lipinski definition) is 0. The molecule has 0 aliphatic carbocycles. The summed E-state index contributed by atoms with van der Waals surface area (Å²) >= 11 is 0. The number of nitrogens with zero attached hydrogens (tertiary/aromatic N) is 1. The zero-order valence-corrected chi connectivity index (χ0v) is 10.5. The number of carbonyl (C=O) groups is 1. The summed E-state index contributed by atoms with van der Waals surface area (Å²) in [7, 11) is 0. The lowest BCUT2D eigenvalue weighted by Crippen LogP contribution is -2.40. The summed E-state index contributed by atoms with van der Waals surface area (Å²) in [4.78, 5) is 13.6. The second-order valence-corrected chi connectivity index (χ2v) is 4.79. The number of rotatable bonds is 3. The Morgan fingerprint density at radius 1 is 1.39 bits per heavy atom. The van der Waals surface area contributed by atoms with Crippen LogP contribution in [0.3, 0.4) is 0 Å². The van der Waals surface area contributed by atoms with Crippen LogP contribution in [0.5, 0.6) is 0 Å². The van der Waals surface area contributed by atoms with Gasteiger partial charge in [-0.3, -0.25) is 9.69 Å². The first-order valence-electron chi connectivity index (χ1n) is 6.29. The molecule has 0 spiro atoms. The quantitative estimate of drug-likeness (QED) is 0.825. The zero-order valence-electron chi connectivity index (χ0n) is 10.5. The van der Waals surface area contributed by atoms with Gasteiger partial charge in [-0.1, -0.05) is 13.0 Å². The van der Waals surface area contributed by atoms with Crippen molar-refractivity contribution in [3.8, 4) is 0 Å². The third-order valence-electron chi connectivity index (χ3n) is 3.51. The van der Waals surface area contributed by atoms with Crippen LogP contribution in [0.15, 0.2) is 18.2 Å². The van der Waals surface area contributed by atoms with Crippen LogP contribution in [0.1, 0.15) is 25.3 Å². The highest BCUT2D eigenvalue weighted by Gasteiger charge is 2.25. The lowest BCUT2D eigenvalue weighted by Gasteiger charge is -2.31. The van der Waals surface area contributed by atoms with E-state index in [0.29, 0.717) is 37.4 Å². The third-order valence-corrected chi connectivity index (χ3v) is 3.51. The van der Waals surface area contributed by atoms with Crippen LogP contribution < -0.4 is 0 Å². The number of benzene rings is 1. The molecule has 0 bridgehead atoms. The molecule has 1 aliphatic heterocycles. The molecule has 1 fully saturated rings. The predicted molar refractivity (Wildman–Crippen MR) is 65.0 cm³/mol. The first-order chi connectivity index (χ1) is 8.60. The molecule has 1 aromatic rings. The summed E-state index contributed by atoms with van der Waals surface area (Å²) < 4.78 is 26.3. The van der Waals surface area contributed by atoms with E-state index in [-0.39, 0.29) is 5.92 Å². The van der Waals surface area contributed by atoms with Gasteiger partial charge in [-0.05, 0) is 12.5 Å². The van der Waals surface area contributed by atoms with Gasteiger partial charge in [0.05, 0.1) is 0 Å². The van der Waals surface area contributed by atoms with Crippen molar-refractivity contribution in [2.45, 2.75) is 26.3 Å². The van der Waals surface area contributed by atoms with E-state index in [0.717, 1.165) is 12.5 Å². The molecule has 98 valence electrons. The summed E-state index contributed by atoms with van der Waals surface area (Å²) in [6, 6.07) is 3.65. The average Bonchev–Trinajstić information content (AvgIpc) is 2.35. The zero-order chi connectivity index (χ0) is 13.1. The minimum Gasteiger partial charge on any atom is -0.299 e.